The van der Waals surface area contributed by atoms with Crippen molar-refractivity contribution in [2.24, 2.45) is 0 Å². The molecule has 0 atom stereocenters. The third-order valence-corrected chi connectivity index (χ3v) is 4.36. The first-order valence-corrected chi connectivity index (χ1v) is 8.90. The summed E-state index contributed by atoms with van der Waals surface area (Å²) in [6, 6.07) is 6.31. The number of hydrogen-bond acceptors (Lipinski definition) is 8. The number of carbonyl (C=O) groups is 1. The van der Waals surface area contributed by atoms with Gasteiger partial charge < -0.3 is 14.2 Å². The number of ether oxygens (including phenoxy) is 3. The number of anilines is 1. The largest absolute Gasteiger partial charge is 1.00 e. The molecule has 0 aliphatic carbocycles. The monoisotopic (exact) mass is 405 g/mol. The second kappa shape index (κ2) is 10.3. The Kier molecular flexibility index (Phi) is 8.76. The van der Waals surface area contributed by atoms with E-state index >= 15 is 0 Å². The molecular formula is C15H18N4NaO6S+. The Balaban J connectivity index is 0.00000364. The number of aromatic nitrogens is 2. The van der Waals surface area contributed by atoms with Crippen LogP contribution in [0.5, 0.6) is 17.5 Å². The van der Waals surface area contributed by atoms with Crippen LogP contribution in [-0.4, -0.2) is 45.2 Å². The van der Waals surface area contributed by atoms with E-state index in [-0.39, 0.29) is 64.5 Å². The molecule has 0 unspecified atom stereocenters. The molecule has 2 amide bonds. The van der Waals surface area contributed by atoms with E-state index in [1.807, 2.05) is 4.72 Å². The van der Waals surface area contributed by atoms with E-state index < -0.39 is 16.1 Å². The van der Waals surface area contributed by atoms with Crippen molar-refractivity contribution in [3.05, 3.63) is 30.3 Å². The fourth-order valence-corrected chi connectivity index (χ4v) is 2.97. The Bertz CT molecular complexity index is 871. The molecule has 1 aromatic heterocycles. The van der Waals surface area contributed by atoms with Crippen LogP contribution < -0.4 is 53.8 Å². The van der Waals surface area contributed by atoms with Crippen LogP contribution in [-0.2, 0) is 10.0 Å². The van der Waals surface area contributed by atoms with Crippen LogP contribution in [0.2, 0.25) is 0 Å². The van der Waals surface area contributed by atoms with Crippen LogP contribution in [0.25, 0.3) is 0 Å². The Hall–Kier alpha value is -2.08. The number of rotatable bonds is 7. The predicted molar refractivity (Wildman–Crippen MR) is 92.1 cm³/mol. The number of hydrogen-bond donors (Lipinski definition) is 2. The fraction of sp³-hybridized carbons (Fsp3) is 0.267. The number of para-hydroxylation sites is 1. The summed E-state index contributed by atoms with van der Waals surface area (Å²) in [5, 5.41) is 2.22. The molecule has 0 radical (unpaired) electrons. The van der Waals surface area contributed by atoms with Crippen LogP contribution in [0.15, 0.2) is 35.2 Å². The average Bonchev–Trinajstić information content (AvgIpc) is 2.61. The summed E-state index contributed by atoms with van der Waals surface area (Å²) in [6.07, 6.45) is 0. The van der Waals surface area contributed by atoms with E-state index in [9.17, 15) is 13.2 Å². The van der Waals surface area contributed by atoms with E-state index in [0.29, 0.717) is 0 Å². The Morgan fingerprint density at radius 3 is 2.26 bits per heavy atom. The molecule has 0 aliphatic heterocycles. The molecule has 10 nitrogen and oxygen atoms in total. The minimum Gasteiger partial charge on any atom is -0.492 e. The van der Waals surface area contributed by atoms with Crippen LogP contribution in [0, 0.1) is 0 Å². The molecule has 1 heterocycles. The van der Waals surface area contributed by atoms with Crippen LogP contribution >= 0.6 is 0 Å². The van der Waals surface area contributed by atoms with Gasteiger partial charge in [0.25, 0.3) is 10.0 Å². The predicted octanol–water partition coefficient (Wildman–Crippen LogP) is -1.59. The number of methoxy groups -OCH3 is 2. The molecule has 0 aliphatic rings. The minimum absolute atomic E-state index is 0. The van der Waals surface area contributed by atoms with Crippen LogP contribution in [0.1, 0.15) is 6.92 Å². The summed E-state index contributed by atoms with van der Waals surface area (Å²) in [5.41, 5.74) is 0. The first-order valence-electron chi connectivity index (χ1n) is 7.42. The summed E-state index contributed by atoms with van der Waals surface area (Å²) in [5.74, 6) is 0.218. The number of benzene rings is 1. The van der Waals surface area contributed by atoms with Crippen molar-refractivity contribution in [1.82, 2.24) is 14.7 Å². The summed E-state index contributed by atoms with van der Waals surface area (Å²) in [6.45, 7) is 1.99. The first-order chi connectivity index (χ1) is 12.4. The van der Waals surface area contributed by atoms with Crippen molar-refractivity contribution in [2.45, 2.75) is 11.8 Å². The topological polar surface area (TPSA) is 129 Å². The van der Waals surface area contributed by atoms with E-state index in [2.05, 4.69) is 15.3 Å². The maximum atomic E-state index is 12.4. The van der Waals surface area contributed by atoms with Crippen molar-refractivity contribution in [1.29, 1.82) is 0 Å². The Morgan fingerprint density at radius 2 is 1.70 bits per heavy atom. The molecule has 2 aromatic rings. The summed E-state index contributed by atoms with van der Waals surface area (Å²) < 4.78 is 41.9. The molecule has 0 spiro atoms. The van der Waals surface area contributed by atoms with Gasteiger partial charge >= 0.3 is 35.6 Å². The Morgan fingerprint density at radius 1 is 1.11 bits per heavy atom. The standard InChI is InChI=1S/C15H18N4O6S.Na/c1-4-25-10-7-5-6-8-11(10)26(21,22)19-15(20)18-14-16-12(23-2)9-13(17-14)24-3;/h5-9H,4H2,1-3H3,(H2,16,17,18,19,20);/q;+1. The minimum atomic E-state index is -4.17. The van der Waals surface area contributed by atoms with Gasteiger partial charge in [-0.2, -0.15) is 9.97 Å². The molecule has 2 rings (SSSR count). The normalized spacial score (nSPS) is 10.3. The smallest absolute Gasteiger partial charge is 0.492 e. The second-order valence-electron chi connectivity index (χ2n) is 4.72. The molecule has 0 fully saturated rings. The van der Waals surface area contributed by atoms with Gasteiger partial charge in [0.15, 0.2) is 0 Å². The molecular weight excluding hydrogens is 387 g/mol. The van der Waals surface area contributed by atoms with Gasteiger partial charge in [0.2, 0.25) is 17.7 Å². The summed E-state index contributed by atoms with van der Waals surface area (Å²) >= 11 is 0. The van der Waals surface area contributed by atoms with Gasteiger partial charge in [-0.25, -0.2) is 17.9 Å². The summed E-state index contributed by atoms with van der Waals surface area (Å²) in [7, 11) is -1.42. The van der Waals surface area contributed by atoms with Gasteiger partial charge in [-0.3, -0.25) is 5.32 Å². The van der Waals surface area contributed by atoms with Crippen molar-refractivity contribution in [3.8, 4) is 17.5 Å². The summed E-state index contributed by atoms with van der Waals surface area (Å²) in [4.78, 5) is 19.7. The number of urea groups is 1. The number of amides is 2. The van der Waals surface area contributed by atoms with Gasteiger partial charge in [0.05, 0.1) is 26.9 Å². The van der Waals surface area contributed by atoms with Crippen molar-refractivity contribution < 1.29 is 57.0 Å². The van der Waals surface area contributed by atoms with Gasteiger partial charge in [0, 0.05) is 0 Å². The second-order valence-corrected chi connectivity index (χ2v) is 6.37. The maximum absolute atomic E-state index is 12.4. The maximum Gasteiger partial charge on any atom is 1.00 e. The first kappa shape index (κ1) is 23.0. The molecule has 2 N–H and O–H groups in total. The Labute approximate surface area is 179 Å². The zero-order chi connectivity index (χ0) is 19.2. The molecule has 0 saturated carbocycles. The third-order valence-electron chi connectivity index (χ3n) is 2.99. The molecule has 12 heteroatoms. The number of carbonyl (C=O) groups excluding carboxylic acids is 1. The molecule has 27 heavy (non-hydrogen) atoms. The van der Waals surface area contributed by atoms with Gasteiger partial charge in [-0.05, 0) is 19.1 Å². The number of sulfonamides is 1. The number of nitrogens with zero attached hydrogens (tertiary/aromatic N) is 2. The van der Waals surface area contributed by atoms with Crippen molar-refractivity contribution >= 4 is 22.0 Å². The van der Waals surface area contributed by atoms with Gasteiger partial charge in [0.1, 0.15) is 10.6 Å². The van der Waals surface area contributed by atoms with E-state index in [1.54, 1.807) is 13.0 Å². The quantitative estimate of drug-likeness (QED) is 0.528. The van der Waals surface area contributed by atoms with Crippen molar-refractivity contribution in [2.75, 3.05) is 26.1 Å². The van der Waals surface area contributed by atoms with Crippen LogP contribution in [0.3, 0.4) is 0 Å². The van der Waals surface area contributed by atoms with Crippen molar-refractivity contribution in [3.63, 3.8) is 0 Å². The third kappa shape index (κ3) is 6.24. The van der Waals surface area contributed by atoms with E-state index in [1.165, 1.54) is 38.5 Å². The van der Waals surface area contributed by atoms with Gasteiger partial charge in [-0.15, -0.1) is 0 Å². The van der Waals surface area contributed by atoms with Crippen LogP contribution in [0.4, 0.5) is 10.7 Å². The number of nitrogens with one attached hydrogen (secondary N) is 2. The zero-order valence-corrected chi connectivity index (χ0v) is 18.2. The SMILES string of the molecule is CCOc1ccccc1S(=O)(=O)NC(=O)Nc1nc(OC)cc(OC)n1.[Na+]. The van der Waals surface area contributed by atoms with E-state index in [0.717, 1.165) is 0 Å². The molecule has 0 bridgehead atoms. The fourth-order valence-electron chi connectivity index (χ4n) is 1.92. The van der Waals surface area contributed by atoms with Gasteiger partial charge in [-0.1, -0.05) is 12.1 Å². The average molecular weight is 405 g/mol. The zero-order valence-electron chi connectivity index (χ0n) is 15.3. The van der Waals surface area contributed by atoms with E-state index in [4.69, 9.17) is 14.2 Å². The molecule has 0 saturated heterocycles. The molecule has 140 valence electrons. The molecule has 1 aromatic carbocycles.